The second kappa shape index (κ2) is 11.9. The van der Waals surface area contributed by atoms with Crippen molar-refractivity contribution in [2.45, 2.75) is 37.9 Å². The molecular weight excluding hydrogens is 484 g/mol. The summed E-state index contributed by atoms with van der Waals surface area (Å²) < 4.78 is 4.94. The highest BCUT2D eigenvalue weighted by Gasteiger charge is 2.33. The zero-order valence-electron chi connectivity index (χ0n) is 20.2. The average molecular weight is 515 g/mol. The third-order valence-corrected chi connectivity index (χ3v) is 6.75. The van der Waals surface area contributed by atoms with Crippen LogP contribution < -0.4 is 16.1 Å². The van der Waals surface area contributed by atoms with Crippen molar-refractivity contribution in [3.8, 4) is 0 Å². The van der Waals surface area contributed by atoms with E-state index < -0.39 is 12.0 Å². The monoisotopic (exact) mass is 514 g/mol. The molecule has 1 aromatic carbocycles. The molecule has 36 heavy (non-hydrogen) atoms. The number of carbonyl (C=O) groups is 3. The van der Waals surface area contributed by atoms with Gasteiger partial charge in [0.25, 0.3) is 0 Å². The Morgan fingerprint density at radius 3 is 2.78 bits per heavy atom. The smallest absolute Gasteiger partial charge is 0.328 e. The molecule has 1 atom stereocenters. The van der Waals surface area contributed by atoms with Crippen molar-refractivity contribution in [2.24, 2.45) is 5.10 Å². The Hall–Kier alpha value is -3.53. The highest BCUT2D eigenvalue weighted by molar-refractivity contribution is 6.19. The van der Waals surface area contributed by atoms with E-state index in [2.05, 4.69) is 21.2 Å². The number of anilines is 1. The Balaban J connectivity index is 1.35. The SMILES string of the molecule is COC(=O)C(CC(=C/CCl)/C=C1/C=NNC1)NC(=O)N1CCC(N2Cc3ccccc3NC2=O)CC1. The van der Waals surface area contributed by atoms with Crippen LogP contribution in [-0.4, -0.2) is 78.8 Å². The molecule has 4 rings (SSSR count). The van der Waals surface area contributed by atoms with E-state index in [0.717, 1.165) is 22.4 Å². The highest BCUT2D eigenvalue weighted by atomic mass is 35.5. The molecule has 3 N–H and O–H groups in total. The summed E-state index contributed by atoms with van der Waals surface area (Å²) in [6.07, 6.45) is 6.96. The van der Waals surface area contributed by atoms with Gasteiger partial charge in [-0.15, -0.1) is 11.6 Å². The number of nitrogens with zero attached hydrogens (tertiary/aromatic N) is 3. The maximum Gasteiger partial charge on any atom is 0.328 e. The van der Waals surface area contributed by atoms with Crippen LogP contribution in [0.15, 0.2) is 52.7 Å². The lowest BCUT2D eigenvalue weighted by molar-refractivity contribution is -0.142. The second-order valence-corrected chi connectivity index (χ2v) is 9.22. The van der Waals surface area contributed by atoms with Crippen LogP contribution in [0, 0.1) is 0 Å². The first kappa shape index (κ1) is 25.6. The molecule has 1 saturated heterocycles. The van der Waals surface area contributed by atoms with E-state index in [1.54, 1.807) is 17.2 Å². The number of ether oxygens (including phenoxy) is 1. The molecule has 0 radical (unpaired) electrons. The number of hydrogen-bond acceptors (Lipinski definition) is 6. The summed E-state index contributed by atoms with van der Waals surface area (Å²) in [4.78, 5) is 41.7. The minimum atomic E-state index is -0.859. The molecular formula is C25H31ClN6O4. The standard InChI is InChI=1S/C25H31ClN6O4/c1-36-23(33)22(13-17(6-9-26)12-18-14-27-28-15-18)30-24(34)31-10-7-20(8-11-31)32-16-19-4-2-3-5-21(19)29-25(32)35/h2-6,12,14,20,22,28H,7-11,13,15-16H2,1H3,(H,29,35)(H,30,34)/b17-6+,18-12-. The molecule has 0 aliphatic carbocycles. The Kier molecular flexibility index (Phi) is 8.48. The van der Waals surface area contributed by atoms with Gasteiger partial charge < -0.3 is 30.6 Å². The first-order chi connectivity index (χ1) is 17.5. The van der Waals surface area contributed by atoms with Crippen LogP contribution in [0.4, 0.5) is 15.3 Å². The summed E-state index contributed by atoms with van der Waals surface area (Å²) in [5.41, 5.74) is 6.54. The largest absolute Gasteiger partial charge is 0.467 e. The van der Waals surface area contributed by atoms with Crippen LogP contribution in [-0.2, 0) is 16.1 Å². The topological polar surface area (TPSA) is 115 Å². The van der Waals surface area contributed by atoms with Crippen LogP contribution in [0.1, 0.15) is 24.8 Å². The maximum atomic E-state index is 13.0. The zero-order valence-corrected chi connectivity index (χ0v) is 21.0. The number of rotatable bonds is 7. The van der Waals surface area contributed by atoms with Crippen LogP contribution >= 0.6 is 11.6 Å². The van der Waals surface area contributed by atoms with Gasteiger partial charge in [-0.3, -0.25) is 0 Å². The number of urea groups is 2. The fraction of sp³-hybridized carbons (Fsp3) is 0.440. The van der Waals surface area contributed by atoms with Gasteiger partial charge in [0, 0.05) is 43.7 Å². The van der Waals surface area contributed by atoms with Gasteiger partial charge in [0.2, 0.25) is 0 Å². The predicted molar refractivity (Wildman–Crippen MR) is 138 cm³/mol. The predicted octanol–water partition coefficient (Wildman–Crippen LogP) is 2.82. The molecule has 0 spiro atoms. The molecule has 10 nitrogen and oxygen atoms in total. The average Bonchev–Trinajstić information content (AvgIpc) is 3.40. The Labute approximate surface area is 215 Å². The van der Waals surface area contributed by atoms with Gasteiger partial charge in [0.15, 0.2) is 0 Å². The molecule has 1 unspecified atom stereocenters. The van der Waals surface area contributed by atoms with E-state index in [4.69, 9.17) is 16.3 Å². The number of para-hydroxylation sites is 1. The third-order valence-electron chi connectivity index (χ3n) is 6.59. The van der Waals surface area contributed by atoms with Crippen molar-refractivity contribution in [3.05, 3.63) is 53.1 Å². The number of halogens is 1. The number of hydrogen-bond donors (Lipinski definition) is 3. The second-order valence-electron chi connectivity index (χ2n) is 8.91. The van der Waals surface area contributed by atoms with Crippen molar-refractivity contribution >= 4 is 41.5 Å². The Morgan fingerprint density at radius 1 is 1.31 bits per heavy atom. The van der Waals surface area contributed by atoms with Crippen molar-refractivity contribution in [3.63, 3.8) is 0 Å². The molecule has 0 saturated carbocycles. The molecule has 4 amide bonds. The zero-order chi connectivity index (χ0) is 25.5. The lowest BCUT2D eigenvalue weighted by Crippen LogP contribution is -2.54. The van der Waals surface area contributed by atoms with Gasteiger partial charge in [-0.2, -0.15) is 5.10 Å². The number of esters is 1. The van der Waals surface area contributed by atoms with E-state index in [0.29, 0.717) is 39.0 Å². The van der Waals surface area contributed by atoms with Gasteiger partial charge in [0.1, 0.15) is 6.04 Å². The number of piperidine rings is 1. The number of hydrazone groups is 1. The summed E-state index contributed by atoms with van der Waals surface area (Å²) in [7, 11) is 1.30. The molecule has 3 aliphatic rings. The number of fused-ring (bicyclic) bond motifs is 1. The molecule has 1 aromatic rings. The number of allylic oxidation sites excluding steroid dienone is 2. The first-order valence-electron chi connectivity index (χ1n) is 12.0. The fourth-order valence-electron chi connectivity index (χ4n) is 4.65. The molecule has 0 aromatic heterocycles. The number of alkyl halides is 1. The number of nitrogens with one attached hydrogen (secondary N) is 3. The van der Waals surface area contributed by atoms with E-state index in [1.807, 2.05) is 35.2 Å². The van der Waals surface area contributed by atoms with Crippen LogP contribution in [0.25, 0.3) is 0 Å². The molecule has 3 heterocycles. The first-order valence-corrected chi connectivity index (χ1v) is 12.5. The van der Waals surface area contributed by atoms with E-state index in [9.17, 15) is 14.4 Å². The number of methoxy groups -OCH3 is 1. The number of amides is 4. The molecule has 11 heteroatoms. The third kappa shape index (κ3) is 6.17. The molecule has 0 bridgehead atoms. The highest BCUT2D eigenvalue weighted by Crippen LogP contribution is 2.27. The van der Waals surface area contributed by atoms with Gasteiger partial charge in [-0.05, 0) is 35.6 Å². The van der Waals surface area contributed by atoms with Crippen molar-refractivity contribution in [1.29, 1.82) is 0 Å². The summed E-state index contributed by atoms with van der Waals surface area (Å²) in [6, 6.07) is 6.50. The summed E-state index contributed by atoms with van der Waals surface area (Å²) in [6.45, 7) is 2.10. The Morgan fingerprint density at radius 2 is 2.08 bits per heavy atom. The minimum absolute atomic E-state index is 0.0328. The van der Waals surface area contributed by atoms with Gasteiger partial charge in [-0.1, -0.05) is 30.4 Å². The Bertz CT molecular complexity index is 1080. The molecule has 1 fully saturated rings. The van der Waals surface area contributed by atoms with Gasteiger partial charge in [-0.25, -0.2) is 14.4 Å². The summed E-state index contributed by atoms with van der Waals surface area (Å²) in [5.74, 6) is -0.257. The molecule has 192 valence electrons. The fourth-order valence-corrected chi connectivity index (χ4v) is 4.85. The minimum Gasteiger partial charge on any atom is -0.467 e. The normalized spacial score (nSPS) is 20.0. The number of carbonyl (C=O) groups excluding carboxylic acids is 3. The van der Waals surface area contributed by atoms with E-state index in [1.165, 1.54) is 7.11 Å². The van der Waals surface area contributed by atoms with Crippen molar-refractivity contribution in [2.75, 3.05) is 37.9 Å². The lowest BCUT2D eigenvalue weighted by Gasteiger charge is -2.40. The van der Waals surface area contributed by atoms with Crippen molar-refractivity contribution < 1.29 is 19.1 Å². The summed E-state index contributed by atoms with van der Waals surface area (Å²) in [5, 5.41) is 9.75. The molecule has 3 aliphatic heterocycles. The van der Waals surface area contributed by atoms with E-state index in [-0.39, 0.29) is 30.4 Å². The number of likely N-dealkylation sites (tertiary alicyclic amines) is 1. The van der Waals surface area contributed by atoms with E-state index >= 15 is 0 Å². The van der Waals surface area contributed by atoms with Gasteiger partial charge in [0.05, 0.1) is 19.9 Å². The lowest BCUT2D eigenvalue weighted by atomic mass is 10.0. The van der Waals surface area contributed by atoms with Gasteiger partial charge >= 0.3 is 18.0 Å². The summed E-state index contributed by atoms with van der Waals surface area (Å²) >= 11 is 5.92. The van der Waals surface area contributed by atoms with Crippen LogP contribution in [0.3, 0.4) is 0 Å². The van der Waals surface area contributed by atoms with Crippen LogP contribution in [0.5, 0.6) is 0 Å². The maximum absolute atomic E-state index is 13.0. The van der Waals surface area contributed by atoms with Crippen molar-refractivity contribution in [1.82, 2.24) is 20.5 Å². The van der Waals surface area contributed by atoms with Crippen LogP contribution in [0.2, 0.25) is 0 Å². The quantitative estimate of drug-likeness (QED) is 0.382. The number of benzene rings is 1.